The summed E-state index contributed by atoms with van der Waals surface area (Å²) in [5, 5.41) is 9.97. The summed E-state index contributed by atoms with van der Waals surface area (Å²) in [5.41, 5.74) is 0.901. The zero-order chi connectivity index (χ0) is 22.1. The topological polar surface area (TPSA) is 82.3 Å². The second-order valence-corrected chi connectivity index (χ2v) is 9.17. The Balaban J connectivity index is 1.36. The number of halogens is 1. The third-order valence-corrected chi connectivity index (χ3v) is 6.77. The molecule has 1 atom stereocenters. The van der Waals surface area contributed by atoms with Gasteiger partial charge in [0.05, 0.1) is 11.6 Å². The molecular weight excluding hydrogens is 417 g/mol. The van der Waals surface area contributed by atoms with Crippen molar-refractivity contribution in [3.05, 3.63) is 34.9 Å². The Bertz CT molecular complexity index is 1010. The van der Waals surface area contributed by atoms with Gasteiger partial charge in [0.25, 0.3) is 5.91 Å². The van der Waals surface area contributed by atoms with Gasteiger partial charge in [-0.2, -0.15) is 9.64 Å². The summed E-state index contributed by atoms with van der Waals surface area (Å²) >= 11 is 1.43. The van der Waals surface area contributed by atoms with Crippen molar-refractivity contribution in [1.29, 1.82) is 5.26 Å². The molecular formula is C22H26FN5O2S. The molecule has 0 bridgehead atoms. The molecule has 0 radical (unpaired) electrons. The maximum absolute atomic E-state index is 14.3. The summed E-state index contributed by atoms with van der Waals surface area (Å²) < 4.78 is 24.5. The zero-order valence-corrected chi connectivity index (χ0v) is 18.8. The summed E-state index contributed by atoms with van der Waals surface area (Å²) in [7, 11) is 0. The third kappa shape index (κ3) is 4.35. The van der Waals surface area contributed by atoms with Crippen LogP contribution in [0, 0.1) is 24.1 Å². The van der Waals surface area contributed by atoms with Crippen LogP contribution >= 0.6 is 11.5 Å². The van der Waals surface area contributed by atoms with Gasteiger partial charge in [0.2, 0.25) is 5.13 Å². The van der Waals surface area contributed by atoms with E-state index in [4.69, 9.17) is 10.00 Å². The zero-order valence-electron chi connectivity index (χ0n) is 18.0. The van der Waals surface area contributed by atoms with Crippen LogP contribution in [0.5, 0.6) is 5.75 Å². The predicted octanol–water partition coefficient (Wildman–Crippen LogP) is 3.63. The fraction of sp³-hybridized carbons (Fsp3) is 0.545. The van der Waals surface area contributed by atoms with Gasteiger partial charge in [-0.25, -0.2) is 9.37 Å². The first kappa shape index (κ1) is 21.5. The summed E-state index contributed by atoms with van der Waals surface area (Å²) in [6, 6.07) is 4.77. The van der Waals surface area contributed by atoms with Crippen molar-refractivity contribution in [1.82, 2.24) is 14.3 Å². The Morgan fingerprint density at radius 3 is 2.65 bits per heavy atom. The number of aryl methyl sites for hydroxylation is 1. The molecule has 2 aliphatic heterocycles. The van der Waals surface area contributed by atoms with Crippen LogP contribution in [0.25, 0.3) is 0 Å². The minimum atomic E-state index is -0.684. The Hall–Kier alpha value is -2.73. The molecule has 9 heteroatoms. The molecule has 7 nitrogen and oxygen atoms in total. The van der Waals surface area contributed by atoms with Crippen molar-refractivity contribution in [3.63, 3.8) is 0 Å². The lowest BCUT2D eigenvalue weighted by atomic mass is 10.0. The van der Waals surface area contributed by atoms with Crippen LogP contribution < -0.4 is 9.64 Å². The number of ether oxygens (including phenoxy) is 1. The van der Waals surface area contributed by atoms with Gasteiger partial charge >= 0.3 is 0 Å². The molecule has 164 valence electrons. The normalized spacial score (nSPS) is 19.9. The number of hydrogen-bond acceptors (Lipinski definition) is 7. The summed E-state index contributed by atoms with van der Waals surface area (Å²) in [5.74, 6) is 0.523. The van der Waals surface area contributed by atoms with Crippen LogP contribution in [0.15, 0.2) is 12.1 Å². The van der Waals surface area contributed by atoms with Crippen molar-refractivity contribution in [3.8, 4) is 11.8 Å². The van der Waals surface area contributed by atoms with E-state index in [1.165, 1.54) is 17.6 Å². The number of anilines is 1. The minimum Gasteiger partial charge on any atom is -0.477 e. The van der Waals surface area contributed by atoms with Gasteiger partial charge in [-0.15, -0.1) is 0 Å². The first-order chi connectivity index (χ1) is 14.9. The van der Waals surface area contributed by atoms with Crippen LogP contribution in [-0.4, -0.2) is 51.9 Å². The fourth-order valence-corrected chi connectivity index (χ4v) is 4.98. The SMILES string of the molecule is Cc1cc(OC2CCN(C3CCN(c4nc(C(C)C)ns4)CC3)C2=O)c(F)cc1C#N. The molecule has 0 aliphatic carbocycles. The van der Waals surface area contributed by atoms with Crippen LogP contribution in [0.4, 0.5) is 9.52 Å². The summed E-state index contributed by atoms with van der Waals surface area (Å²) in [6.07, 6.45) is 1.57. The van der Waals surface area contributed by atoms with Crippen LogP contribution in [0.3, 0.4) is 0 Å². The lowest BCUT2D eigenvalue weighted by Gasteiger charge is -2.36. The number of nitrogens with zero attached hydrogens (tertiary/aromatic N) is 5. The third-order valence-electron chi connectivity index (χ3n) is 5.98. The van der Waals surface area contributed by atoms with E-state index >= 15 is 0 Å². The molecule has 31 heavy (non-hydrogen) atoms. The summed E-state index contributed by atoms with van der Waals surface area (Å²) in [4.78, 5) is 21.7. The Morgan fingerprint density at radius 2 is 2.00 bits per heavy atom. The smallest absolute Gasteiger partial charge is 0.263 e. The molecule has 4 rings (SSSR count). The van der Waals surface area contributed by atoms with E-state index in [-0.39, 0.29) is 23.3 Å². The van der Waals surface area contributed by atoms with Gasteiger partial charge in [-0.05, 0) is 37.5 Å². The average molecular weight is 444 g/mol. The predicted molar refractivity (Wildman–Crippen MR) is 116 cm³/mol. The van der Waals surface area contributed by atoms with Gasteiger partial charge in [-0.3, -0.25) is 4.79 Å². The van der Waals surface area contributed by atoms with Crippen molar-refractivity contribution in [2.24, 2.45) is 0 Å². The van der Waals surface area contributed by atoms with Crippen LogP contribution in [0.1, 0.15) is 56.0 Å². The highest BCUT2D eigenvalue weighted by molar-refractivity contribution is 7.09. The van der Waals surface area contributed by atoms with Crippen molar-refractivity contribution in [2.75, 3.05) is 24.5 Å². The van der Waals surface area contributed by atoms with E-state index in [2.05, 4.69) is 28.1 Å². The largest absolute Gasteiger partial charge is 0.477 e. The monoisotopic (exact) mass is 443 g/mol. The first-order valence-electron chi connectivity index (χ1n) is 10.6. The maximum atomic E-state index is 14.3. The molecule has 1 aromatic carbocycles. The second kappa shape index (κ2) is 8.79. The quantitative estimate of drug-likeness (QED) is 0.702. The van der Waals surface area contributed by atoms with Crippen molar-refractivity contribution < 1.29 is 13.9 Å². The van der Waals surface area contributed by atoms with Crippen molar-refractivity contribution in [2.45, 2.75) is 58.1 Å². The number of amides is 1. The molecule has 1 unspecified atom stereocenters. The van der Waals surface area contributed by atoms with E-state index in [1.807, 2.05) is 11.0 Å². The van der Waals surface area contributed by atoms with E-state index in [0.29, 0.717) is 24.4 Å². The van der Waals surface area contributed by atoms with Gasteiger partial charge < -0.3 is 14.5 Å². The Morgan fingerprint density at radius 1 is 1.26 bits per heavy atom. The van der Waals surface area contributed by atoms with E-state index < -0.39 is 11.9 Å². The lowest BCUT2D eigenvalue weighted by molar-refractivity contribution is -0.135. The van der Waals surface area contributed by atoms with Gasteiger partial charge in [0.1, 0.15) is 5.82 Å². The second-order valence-electron chi connectivity index (χ2n) is 8.44. The number of nitriles is 1. The molecule has 3 heterocycles. The van der Waals surface area contributed by atoms with E-state index in [0.717, 1.165) is 43.0 Å². The Labute approximate surface area is 185 Å². The molecule has 2 saturated heterocycles. The maximum Gasteiger partial charge on any atom is 0.263 e. The lowest BCUT2D eigenvalue weighted by Crippen LogP contribution is -2.47. The highest BCUT2D eigenvalue weighted by Crippen LogP contribution is 2.30. The molecule has 2 fully saturated rings. The number of aromatic nitrogens is 2. The Kier molecular flexibility index (Phi) is 6.10. The molecule has 1 amide bonds. The number of rotatable bonds is 5. The van der Waals surface area contributed by atoms with Gasteiger partial charge in [-0.1, -0.05) is 13.8 Å². The molecule has 0 N–H and O–H groups in total. The highest BCUT2D eigenvalue weighted by atomic mass is 32.1. The number of likely N-dealkylation sites (tertiary alicyclic amines) is 1. The van der Waals surface area contributed by atoms with E-state index in [9.17, 15) is 9.18 Å². The van der Waals surface area contributed by atoms with Crippen LogP contribution in [0.2, 0.25) is 0 Å². The molecule has 2 aromatic rings. The minimum absolute atomic E-state index is 0.0312. The average Bonchev–Trinajstić information content (AvgIpc) is 3.38. The van der Waals surface area contributed by atoms with E-state index in [1.54, 1.807) is 6.92 Å². The summed E-state index contributed by atoms with van der Waals surface area (Å²) in [6.45, 7) is 8.17. The first-order valence-corrected chi connectivity index (χ1v) is 11.4. The molecule has 0 saturated carbocycles. The number of benzene rings is 1. The number of carbonyl (C=O) groups excluding carboxylic acids is 1. The number of piperidine rings is 1. The number of hydrogen-bond donors (Lipinski definition) is 0. The van der Waals surface area contributed by atoms with Crippen LogP contribution in [-0.2, 0) is 4.79 Å². The van der Waals surface area contributed by atoms with Gasteiger partial charge in [0.15, 0.2) is 17.7 Å². The van der Waals surface area contributed by atoms with Gasteiger partial charge in [0, 0.05) is 49.5 Å². The fourth-order valence-electron chi connectivity index (χ4n) is 4.12. The van der Waals surface area contributed by atoms with Crippen molar-refractivity contribution >= 4 is 22.6 Å². The number of carbonyl (C=O) groups is 1. The molecule has 2 aliphatic rings. The molecule has 1 aromatic heterocycles. The molecule has 0 spiro atoms. The standard InChI is InChI=1S/C22H26FN5O2S/c1-13(2)20-25-22(31-26-20)27-7-4-16(5-8-27)28-9-6-18(21(28)29)30-19-10-14(3)15(12-24)11-17(19)23/h10-11,13,16,18H,4-9H2,1-3H3. The highest BCUT2D eigenvalue weighted by Gasteiger charge is 2.39.